The van der Waals surface area contributed by atoms with Crippen molar-refractivity contribution < 1.29 is 23.9 Å². The Labute approximate surface area is 202 Å². The molecule has 0 saturated heterocycles. The summed E-state index contributed by atoms with van der Waals surface area (Å²) in [6.45, 7) is 0.936. The highest BCUT2D eigenvalue weighted by atomic mass is 32.2. The standard InChI is InChI=1S/C24H26N4O5S/c1-32-13-12-25-23(31)27-21(29)16-34-24-26-20(14-17-8-10-19(33-2)11-9-17)22(30)28(24)15-18-6-4-3-5-7-18/h3-11,14H,12-13,15-16H2,1-2H3,(H2,25,27,29,31)/b20-14-. The first-order valence-corrected chi connectivity index (χ1v) is 11.5. The average molecular weight is 483 g/mol. The van der Waals surface area contributed by atoms with Crippen LogP contribution in [0.4, 0.5) is 4.79 Å². The minimum absolute atomic E-state index is 0.0785. The van der Waals surface area contributed by atoms with Crippen molar-refractivity contribution in [3.8, 4) is 5.75 Å². The quantitative estimate of drug-likeness (QED) is 0.420. The Kier molecular flexibility index (Phi) is 9.24. The number of benzene rings is 2. The molecule has 178 valence electrons. The van der Waals surface area contributed by atoms with Crippen LogP contribution in [0, 0.1) is 0 Å². The van der Waals surface area contributed by atoms with Crippen LogP contribution in [0.15, 0.2) is 65.3 Å². The van der Waals surface area contributed by atoms with E-state index in [1.807, 2.05) is 42.5 Å². The zero-order valence-electron chi connectivity index (χ0n) is 18.9. The molecule has 34 heavy (non-hydrogen) atoms. The van der Waals surface area contributed by atoms with Crippen LogP contribution in [0.25, 0.3) is 6.08 Å². The zero-order chi connectivity index (χ0) is 24.3. The number of carbonyl (C=O) groups excluding carboxylic acids is 3. The van der Waals surface area contributed by atoms with Crippen LogP contribution >= 0.6 is 11.8 Å². The van der Waals surface area contributed by atoms with E-state index in [2.05, 4.69) is 15.6 Å². The van der Waals surface area contributed by atoms with Crippen molar-refractivity contribution in [3.05, 3.63) is 71.4 Å². The smallest absolute Gasteiger partial charge is 0.321 e. The normalized spacial score (nSPS) is 14.2. The third kappa shape index (κ3) is 7.19. The number of ether oxygens (including phenoxy) is 2. The number of amidine groups is 1. The molecule has 3 rings (SSSR count). The fourth-order valence-corrected chi connectivity index (χ4v) is 3.81. The largest absolute Gasteiger partial charge is 0.497 e. The van der Waals surface area contributed by atoms with Crippen LogP contribution < -0.4 is 15.4 Å². The lowest BCUT2D eigenvalue weighted by molar-refractivity contribution is -0.123. The van der Waals surface area contributed by atoms with Crippen molar-refractivity contribution in [1.82, 2.24) is 15.5 Å². The minimum atomic E-state index is -0.603. The van der Waals surface area contributed by atoms with Crippen LogP contribution in [0.2, 0.25) is 0 Å². The number of amides is 4. The van der Waals surface area contributed by atoms with Gasteiger partial charge in [-0.15, -0.1) is 0 Å². The van der Waals surface area contributed by atoms with Gasteiger partial charge in [0.15, 0.2) is 5.17 Å². The summed E-state index contributed by atoms with van der Waals surface area (Å²) in [6, 6.07) is 16.2. The molecule has 0 bridgehead atoms. The Bertz CT molecular complexity index is 1070. The van der Waals surface area contributed by atoms with Gasteiger partial charge in [-0.3, -0.25) is 19.8 Å². The van der Waals surface area contributed by atoms with Crippen molar-refractivity contribution in [2.75, 3.05) is 33.1 Å². The van der Waals surface area contributed by atoms with Gasteiger partial charge in [0.25, 0.3) is 5.91 Å². The molecule has 0 atom stereocenters. The van der Waals surface area contributed by atoms with Crippen LogP contribution in [0.1, 0.15) is 11.1 Å². The van der Waals surface area contributed by atoms with Crippen molar-refractivity contribution >= 4 is 40.9 Å². The molecule has 0 aliphatic carbocycles. The number of carbonyl (C=O) groups is 3. The van der Waals surface area contributed by atoms with Gasteiger partial charge in [-0.05, 0) is 29.3 Å². The molecule has 4 amide bonds. The Morgan fingerprint density at radius 2 is 1.82 bits per heavy atom. The van der Waals surface area contributed by atoms with Crippen molar-refractivity contribution in [2.45, 2.75) is 6.54 Å². The van der Waals surface area contributed by atoms with Gasteiger partial charge < -0.3 is 14.8 Å². The summed E-state index contributed by atoms with van der Waals surface area (Å²) >= 11 is 1.09. The zero-order valence-corrected chi connectivity index (χ0v) is 19.8. The number of nitrogens with one attached hydrogen (secondary N) is 2. The van der Waals surface area contributed by atoms with Gasteiger partial charge >= 0.3 is 6.03 Å². The Morgan fingerprint density at radius 3 is 2.50 bits per heavy atom. The van der Waals surface area contributed by atoms with Gasteiger partial charge in [0.2, 0.25) is 5.91 Å². The second-order valence-corrected chi connectivity index (χ2v) is 8.10. The molecular weight excluding hydrogens is 456 g/mol. The number of methoxy groups -OCH3 is 2. The molecule has 1 aliphatic rings. The van der Waals surface area contributed by atoms with E-state index in [-0.39, 0.29) is 23.9 Å². The highest BCUT2D eigenvalue weighted by Crippen LogP contribution is 2.26. The topological polar surface area (TPSA) is 109 Å². The van der Waals surface area contributed by atoms with E-state index in [9.17, 15) is 14.4 Å². The maximum atomic E-state index is 13.1. The summed E-state index contributed by atoms with van der Waals surface area (Å²) in [5, 5.41) is 5.16. The molecule has 1 aliphatic heterocycles. The van der Waals surface area contributed by atoms with Crippen LogP contribution in [-0.4, -0.2) is 61.0 Å². The predicted octanol–water partition coefficient (Wildman–Crippen LogP) is 2.64. The number of aliphatic imine (C=N–C) groups is 1. The maximum Gasteiger partial charge on any atom is 0.321 e. The van der Waals surface area contributed by atoms with E-state index in [1.165, 1.54) is 12.0 Å². The van der Waals surface area contributed by atoms with E-state index in [1.54, 1.807) is 25.3 Å². The van der Waals surface area contributed by atoms with E-state index >= 15 is 0 Å². The molecule has 0 spiro atoms. The highest BCUT2D eigenvalue weighted by Gasteiger charge is 2.31. The number of thioether (sulfide) groups is 1. The third-order valence-corrected chi connectivity index (χ3v) is 5.67. The fourth-order valence-electron chi connectivity index (χ4n) is 3.01. The van der Waals surface area contributed by atoms with E-state index in [0.717, 1.165) is 22.9 Å². The molecule has 0 radical (unpaired) electrons. The molecule has 0 fully saturated rings. The minimum Gasteiger partial charge on any atom is -0.497 e. The summed E-state index contributed by atoms with van der Waals surface area (Å²) in [5.41, 5.74) is 1.99. The molecule has 9 nitrogen and oxygen atoms in total. The lowest BCUT2D eigenvalue weighted by atomic mass is 10.1. The molecule has 1 heterocycles. The maximum absolute atomic E-state index is 13.1. The number of hydrogen-bond acceptors (Lipinski definition) is 7. The Balaban J connectivity index is 1.72. The summed E-state index contributed by atoms with van der Waals surface area (Å²) in [6.07, 6.45) is 1.69. The van der Waals surface area contributed by atoms with Gasteiger partial charge in [0.05, 0.1) is 26.0 Å². The van der Waals surface area contributed by atoms with E-state index in [0.29, 0.717) is 24.1 Å². The molecule has 2 aromatic rings. The van der Waals surface area contributed by atoms with Crippen LogP contribution in [0.5, 0.6) is 5.75 Å². The number of rotatable bonds is 9. The Hall–Kier alpha value is -3.63. The van der Waals surface area contributed by atoms with Gasteiger partial charge in [0.1, 0.15) is 11.4 Å². The predicted molar refractivity (Wildman–Crippen MR) is 131 cm³/mol. The molecule has 10 heteroatoms. The molecule has 0 saturated carbocycles. The average Bonchev–Trinajstić information content (AvgIpc) is 3.13. The van der Waals surface area contributed by atoms with E-state index < -0.39 is 11.9 Å². The number of urea groups is 1. The SMILES string of the molecule is COCCNC(=O)NC(=O)CSC1=N/C(=C\c2ccc(OC)cc2)C(=O)N1Cc1ccccc1. The van der Waals surface area contributed by atoms with Gasteiger partial charge in [0, 0.05) is 13.7 Å². The molecule has 2 N–H and O–H groups in total. The second-order valence-electron chi connectivity index (χ2n) is 7.16. The van der Waals surface area contributed by atoms with Gasteiger partial charge in [-0.25, -0.2) is 9.79 Å². The molecule has 0 aromatic heterocycles. The fraction of sp³-hybridized carbons (Fsp3) is 0.250. The molecular formula is C24H26N4O5S. The van der Waals surface area contributed by atoms with Gasteiger partial charge in [-0.1, -0.05) is 54.2 Å². The number of hydrogen-bond donors (Lipinski definition) is 2. The van der Waals surface area contributed by atoms with E-state index in [4.69, 9.17) is 9.47 Å². The monoisotopic (exact) mass is 482 g/mol. The molecule has 0 unspecified atom stereocenters. The summed E-state index contributed by atoms with van der Waals surface area (Å²) in [5.74, 6) is -0.130. The lowest BCUT2D eigenvalue weighted by Crippen LogP contribution is -2.41. The van der Waals surface area contributed by atoms with Gasteiger partial charge in [-0.2, -0.15) is 0 Å². The first kappa shape index (κ1) is 25.0. The summed E-state index contributed by atoms with van der Waals surface area (Å²) in [4.78, 5) is 43.1. The second kappa shape index (κ2) is 12.6. The van der Waals surface area contributed by atoms with Crippen molar-refractivity contribution in [2.24, 2.45) is 4.99 Å². The van der Waals surface area contributed by atoms with Crippen LogP contribution in [0.3, 0.4) is 0 Å². The highest BCUT2D eigenvalue weighted by molar-refractivity contribution is 8.14. The van der Waals surface area contributed by atoms with Crippen molar-refractivity contribution in [3.63, 3.8) is 0 Å². The van der Waals surface area contributed by atoms with Crippen molar-refractivity contribution in [1.29, 1.82) is 0 Å². The third-order valence-electron chi connectivity index (χ3n) is 4.69. The van der Waals surface area contributed by atoms with Crippen LogP contribution in [-0.2, 0) is 20.9 Å². The Morgan fingerprint density at radius 1 is 1.09 bits per heavy atom. The first-order valence-electron chi connectivity index (χ1n) is 10.5. The number of nitrogens with zero attached hydrogens (tertiary/aromatic N) is 2. The number of imide groups is 1. The summed E-state index contributed by atoms with van der Waals surface area (Å²) in [7, 11) is 3.10. The molecule has 2 aromatic carbocycles. The first-order chi connectivity index (χ1) is 16.5. The summed E-state index contributed by atoms with van der Waals surface area (Å²) < 4.78 is 10.0. The lowest BCUT2D eigenvalue weighted by Gasteiger charge is -2.17.